The van der Waals surface area contributed by atoms with Crippen LogP contribution in [0, 0.1) is 13.8 Å². The molecule has 1 N–H and O–H groups in total. The predicted octanol–water partition coefficient (Wildman–Crippen LogP) is 3.58. The lowest BCUT2D eigenvalue weighted by Crippen LogP contribution is -2.29. The fraction of sp³-hybridized carbons (Fsp3) is 0.350. The van der Waals surface area contributed by atoms with Crippen molar-refractivity contribution in [2.75, 3.05) is 18.4 Å². The zero-order chi connectivity index (χ0) is 19.0. The zero-order valence-electron chi connectivity index (χ0n) is 15.8. The summed E-state index contributed by atoms with van der Waals surface area (Å²) in [6.07, 6.45) is 2.71. The minimum atomic E-state index is -0.122. The third-order valence-corrected chi connectivity index (χ3v) is 6.03. The number of nitrogens with zero attached hydrogens (tertiary/aromatic N) is 4. The number of rotatable bonds is 4. The van der Waals surface area contributed by atoms with Crippen molar-refractivity contribution in [1.82, 2.24) is 19.4 Å². The van der Waals surface area contributed by atoms with E-state index in [9.17, 15) is 4.79 Å². The lowest BCUT2D eigenvalue weighted by molar-refractivity contribution is 0.102. The molecule has 27 heavy (non-hydrogen) atoms. The fourth-order valence-corrected chi connectivity index (χ4v) is 4.61. The second-order valence-corrected chi connectivity index (χ2v) is 7.85. The number of pyridine rings is 1. The van der Waals surface area contributed by atoms with Gasteiger partial charge in [0.25, 0.3) is 5.91 Å². The molecule has 7 heteroatoms. The largest absolute Gasteiger partial charge is 0.302 e. The lowest BCUT2D eigenvalue weighted by atomic mass is 10.2. The Morgan fingerprint density at radius 3 is 2.93 bits per heavy atom. The number of carbonyl (C=O) groups is 1. The van der Waals surface area contributed by atoms with Crippen molar-refractivity contribution in [2.24, 2.45) is 0 Å². The van der Waals surface area contributed by atoms with Crippen LogP contribution in [-0.2, 0) is 13.0 Å². The number of fused-ring (bicyclic) bond motifs is 1. The maximum absolute atomic E-state index is 12.9. The summed E-state index contributed by atoms with van der Waals surface area (Å²) in [5.41, 5.74) is 3.64. The molecule has 0 aliphatic carbocycles. The molecule has 1 aliphatic heterocycles. The number of nitrogens with one attached hydrogen (secondary N) is 1. The van der Waals surface area contributed by atoms with Crippen molar-refractivity contribution in [3.63, 3.8) is 0 Å². The Bertz CT molecular complexity index is 976. The molecule has 0 radical (unpaired) electrons. The third kappa shape index (κ3) is 3.40. The highest BCUT2D eigenvalue weighted by molar-refractivity contribution is 7.15. The Morgan fingerprint density at radius 1 is 1.33 bits per heavy atom. The van der Waals surface area contributed by atoms with Crippen LogP contribution >= 0.6 is 11.3 Å². The molecule has 140 valence electrons. The van der Waals surface area contributed by atoms with E-state index in [0.29, 0.717) is 10.7 Å². The molecule has 6 nitrogen and oxygen atoms in total. The summed E-state index contributed by atoms with van der Waals surface area (Å²) < 4.78 is 2.00. The summed E-state index contributed by atoms with van der Waals surface area (Å²) in [6.45, 7) is 9.10. The van der Waals surface area contributed by atoms with Gasteiger partial charge in [-0.15, -0.1) is 11.3 Å². The number of likely N-dealkylation sites (N-methyl/N-ethyl adjacent to an activating group) is 1. The van der Waals surface area contributed by atoms with E-state index in [1.807, 2.05) is 42.7 Å². The van der Waals surface area contributed by atoms with E-state index in [0.717, 1.165) is 49.0 Å². The molecule has 1 amide bonds. The summed E-state index contributed by atoms with van der Waals surface area (Å²) in [7, 11) is 0. The van der Waals surface area contributed by atoms with Crippen LogP contribution in [0.4, 0.5) is 5.13 Å². The topological polar surface area (TPSA) is 63.1 Å². The maximum atomic E-state index is 12.9. The van der Waals surface area contributed by atoms with E-state index < -0.39 is 0 Å². The Balaban J connectivity index is 1.57. The lowest BCUT2D eigenvalue weighted by Gasteiger charge is -2.23. The monoisotopic (exact) mass is 381 g/mol. The van der Waals surface area contributed by atoms with Crippen LogP contribution in [0.5, 0.6) is 0 Å². The third-order valence-electron chi connectivity index (χ3n) is 5.03. The molecule has 0 bridgehead atoms. The number of aryl methyl sites for hydroxylation is 1. The smallest absolute Gasteiger partial charge is 0.259 e. The molecular formula is C20H23N5OS. The highest BCUT2D eigenvalue weighted by Crippen LogP contribution is 2.29. The van der Waals surface area contributed by atoms with E-state index in [4.69, 9.17) is 0 Å². The molecule has 1 aliphatic rings. The molecular weight excluding hydrogens is 358 g/mol. The van der Waals surface area contributed by atoms with E-state index >= 15 is 0 Å². The second kappa shape index (κ2) is 7.25. The number of hydrogen-bond donors (Lipinski definition) is 1. The summed E-state index contributed by atoms with van der Waals surface area (Å²) >= 11 is 1.59. The zero-order valence-corrected chi connectivity index (χ0v) is 16.6. The Morgan fingerprint density at radius 2 is 2.19 bits per heavy atom. The molecule has 3 aromatic heterocycles. The van der Waals surface area contributed by atoms with Gasteiger partial charge in [0.1, 0.15) is 5.82 Å². The van der Waals surface area contributed by atoms with Gasteiger partial charge in [0.15, 0.2) is 5.13 Å². The minimum absolute atomic E-state index is 0.122. The van der Waals surface area contributed by atoms with Gasteiger partial charge in [0.2, 0.25) is 0 Å². The number of anilines is 1. The fourth-order valence-electron chi connectivity index (χ4n) is 3.57. The van der Waals surface area contributed by atoms with Gasteiger partial charge in [-0.25, -0.2) is 9.97 Å². The van der Waals surface area contributed by atoms with Gasteiger partial charge in [0.05, 0.1) is 11.3 Å². The van der Waals surface area contributed by atoms with Crippen molar-refractivity contribution < 1.29 is 4.79 Å². The van der Waals surface area contributed by atoms with Crippen molar-refractivity contribution in [2.45, 2.75) is 33.7 Å². The Kier molecular flexibility index (Phi) is 4.80. The normalized spacial score (nSPS) is 14.2. The molecule has 4 rings (SSSR count). The van der Waals surface area contributed by atoms with Crippen LogP contribution < -0.4 is 5.32 Å². The molecule has 0 unspecified atom stereocenters. The minimum Gasteiger partial charge on any atom is -0.302 e. The van der Waals surface area contributed by atoms with Crippen LogP contribution in [0.1, 0.15) is 39.2 Å². The average Bonchev–Trinajstić information content (AvgIpc) is 3.21. The quantitative estimate of drug-likeness (QED) is 0.750. The highest BCUT2D eigenvalue weighted by atomic mass is 32.1. The van der Waals surface area contributed by atoms with Gasteiger partial charge in [-0.2, -0.15) is 0 Å². The first-order valence-corrected chi connectivity index (χ1v) is 10.0. The van der Waals surface area contributed by atoms with E-state index in [-0.39, 0.29) is 5.91 Å². The van der Waals surface area contributed by atoms with Crippen molar-refractivity contribution >= 4 is 22.4 Å². The maximum Gasteiger partial charge on any atom is 0.259 e. The van der Waals surface area contributed by atoms with Crippen LogP contribution in [0.25, 0.3) is 5.82 Å². The van der Waals surface area contributed by atoms with Crippen molar-refractivity contribution in [3.8, 4) is 5.82 Å². The van der Waals surface area contributed by atoms with Gasteiger partial charge >= 0.3 is 0 Å². The molecule has 3 aromatic rings. The van der Waals surface area contributed by atoms with Crippen LogP contribution in [-0.4, -0.2) is 38.4 Å². The van der Waals surface area contributed by atoms with Crippen LogP contribution in [0.3, 0.4) is 0 Å². The summed E-state index contributed by atoms with van der Waals surface area (Å²) in [5.74, 6) is 0.694. The molecule has 0 saturated heterocycles. The van der Waals surface area contributed by atoms with Crippen LogP contribution in [0.2, 0.25) is 0 Å². The number of amides is 1. The van der Waals surface area contributed by atoms with Crippen molar-refractivity contribution in [3.05, 3.63) is 58.0 Å². The van der Waals surface area contributed by atoms with Crippen molar-refractivity contribution in [1.29, 1.82) is 0 Å². The molecule has 0 aromatic carbocycles. The highest BCUT2D eigenvalue weighted by Gasteiger charge is 2.22. The molecule has 0 saturated carbocycles. The molecule has 0 fully saturated rings. The van der Waals surface area contributed by atoms with E-state index in [1.165, 1.54) is 4.88 Å². The summed E-state index contributed by atoms with van der Waals surface area (Å²) in [5, 5.41) is 3.68. The van der Waals surface area contributed by atoms with E-state index in [1.54, 1.807) is 17.5 Å². The first kappa shape index (κ1) is 17.9. The van der Waals surface area contributed by atoms with Gasteiger partial charge in [-0.05, 0) is 38.6 Å². The second-order valence-electron chi connectivity index (χ2n) is 6.77. The van der Waals surface area contributed by atoms with Gasteiger partial charge in [-0.1, -0.05) is 13.0 Å². The first-order valence-electron chi connectivity index (χ1n) is 9.19. The first-order chi connectivity index (χ1) is 13.1. The van der Waals surface area contributed by atoms with Gasteiger partial charge < -0.3 is 4.57 Å². The molecule has 0 atom stereocenters. The number of hydrogen-bond acceptors (Lipinski definition) is 5. The van der Waals surface area contributed by atoms with E-state index in [2.05, 4.69) is 27.1 Å². The van der Waals surface area contributed by atoms with Crippen LogP contribution in [0.15, 0.2) is 30.5 Å². The summed E-state index contributed by atoms with van der Waals surface area (Å²) in [4.78, 5) is 25.6. The number of aromatic nitrogens is 3. The molecule has 4 heterocycles. The Hall–Kier alpha value is -2.51. The summed E-state index contributed by atoms with van der Waals surface area (Å²) in [6, 6.07) is 7.68. The number of carbonyl (C=O) groups excluding carboxylic acids is 1. The molecule has 0 spiro atoms. The average molecular weight is 382 g/mol. The number of thiazole rings is 1. The predicted molar refractivity (Wildman–Crippen MR) is 108 cm³/mol. The SMILES string of the molecule is CCN1CCc2nc(NC(=O)c3cc(C)n(-c4ccccn4)c3C)sc2C1. The Labute approximate surface area is 162 Å². The van der Waals surface area contributed by atoms with Gasteiger partial charge in [0, 0.05) is 42.0 Å². The standard InChI is InChI=1S/C20H23N5OS/c1-4-24-10-8-16-17(12-24)27-20(22-16)23-19(26)15-11-13(2)25(14(15)3)18-7-5-6-9-21-18/h5-7,9,11H,4,8,10,12H2,1-3H3,(H,22,23,26). The van der Waals surface area contributed by atoms with Gasteiger partial charge in [-0.3, -0.25) is 15.0 Å².